The van der Waals surface area contributed by atoms with Crippen molar-refractivity contribution in [3.8, 4) is 0 Å². The van der Waals surface area contributed by atoms with E-state index >= 15 is 0 Å². The zero-order chi connectivity index (χ0) is 16.1. The molecule has 124 valence electrons. The van der Waals surface area contributed by atoms with Crippen LogP contribution in [0.1, 0.15) is 27.2 Å². The SMILES string of the molecule is COC(=O)CCN1CCN(CCS(=O)(=O)C(C)(C)C)CC1. The van der Waals surface area contributed by atoms with Gasteiger partial charge in [0.25, 0.3) is 0 Å². The summed E-state index contributed by atoms with van der Waals surface area (Å²) in [4.78, 5) is 15.5. The van der Waals surface area contributed by atoms with Crippen LogP contribution in [0.2, 0.25) is 0 Å². The number of nitrogens with zero attached hydrogens (tertiary/aromatic N) is 2. The summed E-state index contributed by atoms with van der Waals surface area (Å²) in [5.74, 6) is 0.0206. The van der Waals surface area contributed by atoms with E-state index in [-0.39, 0.29) is 11.7 Å². The van der Waals surface area contributed by atoms with E-state index < -0.39 is 14.6 Å². The number of hydrogen-bond acceptors (Lipinski definition) is 6. The van der Waals surface area contributed by atoms with Gasteiger partial charge in [0.1, 0.15) is 0 Å². The maximum absolute atomic E-state index is 12.1. The van der Waals surface area contributed by atoms with E-state index in [2.05, 4.69) is 14.5 Å². The van der Waals surface area contributed by atoms with Crippen molar-refractivity contribution in [2.45, 2.75) is 31.9 Å². The molecule has 0 aromatic carbocycles. The van der Waals surface area contributed by atoms with Gasteiger partial charge in [0, 0.05) is 39.3 Å². The summed E-state index contributed by atoms with van der Waals surface area (Å²) in [6.07, 6.45) is 0.412. The second kappa shape index (κ2) is 7.56. The molecule has 21 heavy (non-hydrogen) atoms. The van der Waals surface area contributed by atoms with Crippen molar-refractivity contribution in [1.82, 2.24) is 9.80 Å². The predicted octanol–water partition coefficient (Wildman–Crippen LogP) is 0.380. The van der Waals surface area contributed by atoms with Crippen LogP contribution in [-0.2, 0) is 19.4 Å². The summed E-state index contributed by atoms with van der Waals surface area (Å²) in [6.45, 7) is 9.96. The molecule has 0 unspecified atom stereocenters. The first-order chi connectivity index (χ1) is 9.65. The molecule has 0 N–H and O–H groups in total. The van der Waals surface area contributed by atoms with E-state index in [1.807, 2.05) is 0 Å². The van der Waals surface area contributed by atoms with Crippen LogP contribution in [0.15, 0.2) is 0 Å². The monoisotopic (exact) mass is 320 g/mol. The van der Waals surface area contributed by atoms with E-state index in [1.165, 1.54) is 7.11 Å². The van der Waals surface area contributed by atoms with E-state index in [1.54, 1.807) is 20.8 Å². The number of esters is 1. The highest BCUT2D eigenvalue weighted by molar-refractivity contribution is 7.92. The highest BCUT2D eigenvalue weighted by Gasteiger charge is 2.29. The number of piperazine rings is 1. The molecular formula is C14H28N2O4S. The molecule has 0 amide bonds. The van der Waals surface area contributed by atoms with E-state index in [0.29, 0.717) is 19.5 Å². The highest BCUT2D eigenvalue weighted by Crippen LogP contribution is 2.16. The zero-order valence-electron chi connectivity index (χ0n) is 13.6. The van der Waals surface area contributed by atoms with Crippen LogP contribution >= 0.6 is 0 Å². The summed E-state index contributed by atoms with van der Waals surface area (Å²) in [5, 5.41) is 0. The first kappa shape index (κ1) is 18.4. The Hall–Kier alpha value is -0.660. The third kappa shape index (κ3) is 5.92. The van der Waals surface area contributed by atoms with Gasteiger partial charge in [-0.15, -0.1) is 0 Å². The zero-order valence-corrected chi connectivity index (χ0v) is 14.4. The first-order valence-corrected chi connectivity index (χ1v) is 9.05. The number of methoxy groups -OCH3 is 1. The van der Waals surface area contributed by atoms with E-state index in [4.69, 9.17) is 0 Å². The number of ether oxygens (including phenoxy) is 1. The molecule has 1 aliphatic rings. The normalized spacial score (nSPS) is 18.7. The van der Waals surface area contributed by atoms with Crippen molar-refractivity contribution in [3.63, 3.8) is 0 Å². The second-order valence-corrected chi connectivity index (χ2v) is 9.30. The molecular weight excluding hydrogens is 292 g/mol. The smallest absolute Gasteiger partial charge is 0.306 e. The lowest BCUT2D eigenvalue weighted by atomic mass is 10.3. The third-order valence-corrected chi connectivity index (χ3v) is 6.52. The largest absolute Gasteiger partial charge is 0.469 e. The van der Waals surface area contributed by atoms with E-state index in [9.17, 15) is 13.2 Å². The van der Waals surface area contributed by atoms with Gasteiger partial charge in [-0.2, -0.15) is 0 Å². The van der Waals surface area contributed by atoms with Crippen LogP contribution in [0.5, 0.6) is 0 Å². The van der Waals surface area contributed by atoms with Gasteiger partial charge >= 0.3 is 5.97 Å². The van der Waals surface area contributed by atoms with Crippen LogP contribution < -0.4 is 0 Å². The van der Waals surface area contributed by atoms with Crippen LogP contribution in [0, 0.1) is 0 Å². The quantitative estimate of drug-likeness (QED) is 0.659. The fourth-order valence-electron chi connectivity index (χ4n) is 2.14. The van der Waals surface area contributed by atoms with Crippen LogP contribution in [0.3, 0.4) is 0 Å². The Morgan fingerprint density at radius 3 is 1.95 bits per heavy atom. The van der Waals surface area contributed by atoms with Gasteiger partial charge in [-0.25, -0.2) is 8.42 Å². The molecule has 0 aromatic rings. The van der Waals surface area contributed by atoms with Gasteiger partial charge in [0.2, 0.25) is 0 Å². The summed E-state index contributed by atoms with van der Waals surface area (Å²) in [5.41, 5.74) is 0. The Balaban J connectivity index is 2.30. The average Bonchev–Trinajstić information content (AvgIpc) is 2.42. The molecule has 0 radical (unpaired) electrons. The molecule has 1 aliphatic heterocycles. The van der Waals surface area contributed by atoms with Crippen molar-refractivity contribution in [2.75, 3.05) is 52.1 Å². The minimum atomic E-state index is -3.05. The van der Waals surface area contributed by atoms with Crippen LogP contribution in [0.25, 0.3) is 0 Å². The number of carbonyl (C=O) groups excluding carboxylic acids is 1. The molecule has 0 spiro atoms. The van der Waals surface area contributed by atoms with Gasteiger partial charge in [-0.1, -0.05) is 0 Å². The first-order valence-electron chi connectivity index (χ1n) is 7.39. The van der Waals surface area contributed by atoms with Crippen LogP contribution in [-0.4, -0.2) is 81.1 Å². The van der Waals surface area contributed by atoms with Crippen molar-refractivity contribution < 1.29 is 17.9 Å². The number of sulfone groups is 1. The molecule has 1 fully saturated rings. The second-order valence-electron chi connectivity index (χ2n) is 6.44. The van der Waals surface area contributed by atoms with E-state index in [0.717, 1.165) is 26.2 Å². The molecule has 0 saturated carbocycles. The maximum Gasteiger partial charge on any atom is 0.306 e. The molecule has 0 atom stereocenters. The summed E-state index contributed by atoms with van der Waals surface area (Å²) in [7, 11) is -1.65. The molecule has 0 aliphatic carbocycles. The van der Waals surface area contributed by atoms with Gasteiger partial charge in [-0.05, 0) is 20.8 Å². The lowest BCUT2D eigenvalue weighted by Crippen LogP contribution is -2.48. The predicted molar refractivity (Wildman–Crippen MR) is 83.1 cm³/mol. The van der Waals surface area contributed by atoms with Gasteiger partial charge < -0.3 is 9.64 Å². The summed E-state index contributed by atoms with van der Waals surface area (Å²) in [6, 6.07) is 0. The minimum absolute atomic E-state index is 0.186. The Morgan fingerprint density at radius 1 is 1.05 bits per heavy atom. The Bertz CT molecular complexity index is 434. The minimum Gasteiger partial charge on any atom is -0.469 e. The molecule has 1 heterocycles. The number of rotatable bonds is 6. The summed E-state index contributed by atoms with van der Waals surface area (Å²) >= 11 is 0. The number of carbonyl (C=O) groups is 1. The van der Waals surface area contributed by atoms with Crippen LogP contribution in [0.4, 0.5) is 0 Å². The number of hydrogen-bond donors (Lipinski definition) is 0. The topological polar surface area (TPSA) is 66.9 Å². The Labute approximate surface area is 128 Å². The van der Waals surface area contributed by atoms with Crippen molar-refractivity contribution >= 4 is 15.8 Å². The van der Waals surface area contributed by atoms with Gasteiger partial charge in [0.15, 0.2) is 9.84 Å². The Morgan fingerprint density at radius 2 is 1.52 bits per heavy atom. The Kier molecular flexibility index (Phi) is 6.62. The standard InChI is InChI=1S/C14H28N2O4S/c1-14(2,3)21(18,19)12-11-16-9-7-15(8-10-16)6-5-13(17)20-4/h5-12H2,1-4H3. The highest BCUT2D eigenvalue weighted by atomic mass is 32.2. The maximum atomic E-state index is 12.1. The lowest BCUT2D eigenvalue weighted by molar-refractivity contribution is -0.141. The molecule has 1 saturated heterocycles. The molecule has 7 heteroatoms. The molecule has 1 rings (SSSR count). The summed E-state index contributed by atoms with van der Waals surface area (Å²) < 4.78 is 28.1. The van der Waals surface area contributed by atoms with Gasteiger partial charge in [0.05, 0.1) is 24.0 Å². The van der Waals surface area contributed by atoms with Crippen molar-refractivity contribution in [1.29, 1.82) is 0 Å². The van der Waals surface area contributed by atoms with Crippen molar-refractivity contribution in [2.24, 2.45) is 0 Å². The molecule has 6 nitrogen and oxygen atoms in total. The molecule has 0 bridgehead atoms. The van der Waals surface area contributed by atoms with Gasteiger partial charge in [-0.3, -0.25) is 9.69 Å². The fraction of sp³-hybridized carbons (Fsp3) is 0.929. The average molecular weight is 320 g/mol. The third-order valence-electron chi connectivity index (χ3n) is 3.93. The fourth-order valence-corrected chi connectivity index (χ4v) is 3.25. The lowest BCUT2D eigenvalue weighted by Gasteiger charge is -2.34. The molecule has 0 aromatic heterocycles. The van der Waals surface area contributed by atoms with Crippen molar-refractivity contribution in [3.05, 3.63) is 0 Å².